The highest BCUT2D eigenvalue weighted by molar-refractivity contribution is 7.89. The second kappa shape index (κ2) is 6.07. The highest BCUT2D eigenvalue weighted by atomic mass is 32.2. The minimum atomic E-state index is -3.42. The predicted octanol–water partition coefficient (Wildman–Crippen LogP) is 1.72. The summed E-state index contributed by atoms with van der Waals surface area (Å²) in [6.07, 6.45) is 6.74. The van der Waals surface area contributed by atoms with E-state index < -0.39 is 10.0 Å². The molecule has 0 spiro atoms. The van der Waals surface area contributed by atoms with E-state index in [-0.39, 0.29) is 10.9 Å². The van der Waals surface area contributed by atoms with Crippen LogP contribution in [0, 0.1) is 5.92 Å². The molecule has 1 saturated carbocycles. The molecule has 1 aliphatic carbocycles. The number of aromatic nitrogens is 1. The lowest BCUT2D eigenvalue weighted by molar-refractivity contribution is 0.484. The standard InChI is InChI=1S/C13H23N3O2S/c1-10-3-2-4-11(6-5-10)16-19(17,18)13-7-12(8-14)15-9-13/h7,9-11,15-16H,2-6,8,14H2,1H3. The third-order valence-electron chi connectivity index (χ3n) is 3.83. The minimum Gasteiger partial charge on any atom is -0.363 e. The number of hydrogen-bond acceptors (Lipinski definition) is 3. The molecule has 1 aliphatic rings. The lowest BCUT2D eigenvalue weighted by Gasteiger charge is -2.15. The third kappa shape index (κ3) is 3.81. The summed E-state index contributed by atoms with van der Waals surface area (Å²) in [6, 6.07) is 1.66. The van der Waals surface area contributed by atoms with Gasteiger partial charge < -0.3 is 10.7 Å². The van der Waals surface area contributed by atoms with Crippen molar-refractivity contribution in [3.05, 3.63) is 18.0 Å². The maximum Gasteiger partial charge on any atom is 0.242 e. The smallest absolute Gasteiger partial charge is 0.242 e. The lowest BCUT2D eigenvalue weighted by Crippen LogP contribution is -2.34. The predicted molar refractivity (Wildman–Crippen MR) is 75.0 cm³/mol. The summed E-state index contributed by atoms with van der Waals surface area (Å²) in [4.78, 5) is 3.16. The Kier molecular flexibility index (Phi) is 4.65. The van der Waals surface area contributed by atoms with Gasteiger partial charge in [-0.3, -0.25) is 0 Å². The van der Waals surface area contributed by atoms with Crippen molar-refractivity contribution in [2.24, 2.45) is 11.7 Å². The molecule has 1 aromatic rings. The Morgan fingerprint density at radius 3 is 2.84 bits per heavy atom. The first kappa shape index (κ1) is 14.6. The van der Waals surface area contributed by atoms with E-state index in [1.807, 2.05) is 0 Å². The fraction of sp³-hybridized carbons (Fsp3) is 0.692. The lowest BCUT2D eigenvalue weighted by atomic mass is 10.0. The Morgan fingerprint density at radius 1 is 1.37 bits per heavy atom. The molecule has 2 rings (SSSR count). The van der Waals surface area contributed by atoms with Crippen LogP contribution in [0.25, 0.3) is 0 Å². The molecule has 0 amide bonds. The van der Waals surface area contributed by atoms with Crippen LogP contribution in [0.2, 0.25) is 0 Å². The molecule has 19 heavy (non-hydrogen) atoms. The fourth-order valence-electron chi connectivity index (χ4n) is 2.58. The quantitative estimate of drug-likeness (QED) is 0.736. The van der Waals surface area contributed by atoms with Crippen molar-refractivity contribution in [2.75, 3.05) is 0 Å². The molecule has 5 nitrogen and oxygen atoms in total. The van der Waals surface area contributed by atoms with Crippen molar-refractivity contribution in [3.63, 3.8) is 0 Å². The van der Waals surface area contributed by atoms with Gasteiger partial charge in [-0.25, -0.2) is 13.1 Å². The van der Waals surface area contributed by atoms with Crippen LogP contribution in [0.15, 0.2) is 17.2 Å². The van der Waals surface area contributed by atoms with Crippen molar-refractivity contribution >= 4 is 10.0 Å². The molecule has 0 aromatic carbocycles. The Labute approximate surface area is 115 Å². The Balaban J connectivity index is 2.04. The summed E-state index contributed by atoms with van der Waals surface area (Å²) in [5.74, 6) is 0.700. The van der Waals surface area contributed by atoms with Gasteiger partial charge in [0.1, 0.15) is 0 Å². The summed E-state index contributed by atoms with van der Waals surface area (Å²) in [5, 5.41) is 0. The van der Waals surface area contributed by atoms with E-state index in [1.165, 1.54) is 12.6 Å². The van der Waals surface area contributed by atoms with Gasteiger partial charge in [0, 0.05) is 24.5 Å². The molecular weight excluding hydrogens is 262 g/mol. The zero-order valence-electron chi connectivity index (χ0n) is 11.4. The first-order valence-electron chi connectivity index (χ1n) is 6.91. The van der Waals surface area contributed by atoms with Crippen LogP contribution in [0.5, 0.6) is 0 Å². The van der Waals surface area contributed by atoms with Crippen molar-refractivity contribution in [1.29, 1.82) is 0 Å². The van der Waals surface area contributed by atoms with E-state index in [0.717, 1.165) is 31.4 Å². The van der Waals surface area contributed by atoms with Gasteiger partial charge >= 0.3 is 0 Å². The summed E-state index contributed by atoms with van der Waals surface area (Å²) in [6.45, 7) is 2.55. The Hall–Kier alpha value is -0.850. The number of sulfonamides is 1. The van der Waals surface area contributed by atoms with E-state index in [2.05, 4.69) is 16.6 Å². The molecule has 2 unspecified atom stereocenters. The molecule has 1 aromatic heterocycles. The monoisotopic (exact) mass is 285 g/mol. The van der Waals surface area contributed by atoms with Crippen LogP contribution in [0.4, 0.5) is 0 Å². The number of nitrogens with two attached hydrogens (primary N) is 1. The van der Waals surface area contributed by atoms with E-state index in [0.29, 0.717) is 12.5 Å². The van der Waals surface area contributed by atoms with E-state index in [1.54, 1.807) is 6.07 Å². The Morgan fingerprint density at radius 2 is 2.16 bits per heavy atom. The average Bonchev–Trinajstić information content (AvgIpc) is 2.77. The molecule has 108 valence electrons. The van der Waals surface area contributed by atoms with Crippen LogP contribution in [0.3, 0.4) is 0 Å². The average molecular weight is 285 g/mol. The molecular formula is C13H23N3O2S. The van der Waals surface area contributed by atoms with Crippen LogP contribution in [-0.4, -0.2) is 19.4 Å². The molecule has 2 atom stereocenters. The minimum absolute atomic E-state index is 0.0613. The molecule has 0 radical (unpaired) electrons. The van der Waals surface area contributed by atoms with E-state index >= 15 is 0 Å². The van der Waals surface area contributed by atoms with Gasteiger partial charge in [-0.1, -0.05) is 19.8 Å². The van der Waals surface area contributed by atoms with Crippen LogP contribution in [0.1, 0.15) is 44.7 Å². The summed E-state index contributed by atoms with van der Waals surface area (Å²) < 4.78 is 27.3. The van der Waals surface area contributed by atoms with Crippen molar-refractivity contribution in [3.8, 4) is 0 Å². The van der Waals surface area contributed by atoms with Gasteiger partial charge in [0.25, 0.3) is 0 Å². The molecule has 0 aliphatic heterocycles. The van der Waals surface area contributed by atoms with Crippen LogP contribution < -0.4 is 10.5 Å². The molecule has 1 fully saturated rings. The van der Waals surface area contributed by atoms with E-state index in [9.17, 15) is 8.42 Å². The highest BCUT2D eigenvalue weighted by Crippen LogP contribution is 2.24. The highest BCUT2D eigenvalue weighted by Gasteiger charge is 2.23. The first-order valence-corrected chi connectivity index (χ1v) is 8.39. The molecule has 6 heteroatoms. The number of hydrogen-bond donors (Lipinski definition) is 3. The van der Waals surface area contributed by atoms with Crippen molar-refractivity contribution in [1.82, 2.24) is 9.71 Å². The van der Waals surface area contributed by atoms with Gasteiger partial charge in [0.2, 0.25) is 10.0 Å². The second-order valence-corrected chi connectivity index (χ2v) is 7.21. The van der Waals surface area contributed by atoms with Crippen molar-refractivity contribution < 1.29 is 8.42 Å². The summed E-state index contributed by atoms with van der Waals surface area (Å²) in [5.41, 5.74) is 6.21. The zero-order valence-corrected chi connectivity index (χ0v) is 12.2. The molecule has 4 N–H and O–H groups in total. The van der Waals surface area contributed by atoms with Crippen molar-refractivity contribution in [2.45, 2.75) is 56.5 Å². The summed E-state index contributed by atoms with van der Waals surface area (Å²) in [7, 11) is -3.42. The summed E-state index contributed by atoms with van der Waals surface area (Å²) >= 11 is 0. The SMILES string of the molecule is CC1CCCC(NS(=O)(=O)c2c[nH]c(CN)c2)CC1. The number of nitrogens with one attached hydrogen (secondary N) is 2. The first-order chi connectivity index (χ1) is 9.01. The van der Waals surface area contributed by atoms with Gasteiger partial charge in [0.15, 0.2) is 0 Å². The number of rotatable bonds is 4. The van der Waals surface area contributed by atoms with E-state index in [4.69, 9.17) is 5.73 Å². The normalized spacial score (nSPS) is 25.2. The Bertz CT molecular complexity index is 510. The number of aromatic amines is 1. The largest absolute Gasteiger partial charge is 0.363 e. The fourth-order valence-corrected chi connectivity index (χ4v) is 3.91. The van der Waals surface area contributed by atoms with Crippen LogP contribution in [-0.2, 0) is 16.6 Å². The molecule has 0 saturated heterocycles. The maximum absolute atomic E-state index is 12.3. The van der Waals surface area contributed by atoms with Crippen LogP contribution >= 0.6 is 0 Å². The third-order valence-corrected chi connectivity index (χ3v) is 5.33. The van der Waals surface area contributed by atoms with Gasteiger partial charge in [-0.15, -0.1) is 0 Å². The maximum atomic E-state index is 12.3. The van der Waals surface area contributed by atoms with Gasteiger partial charge in [-0.05, 0) is 31.2 Å². The molecule has 1 heterocycles. The van der Waals surface area contributed by atoms with Gasteiger partial charge in [0.05, 0.1) is 4.90 Å². The zero-order chi connectivity index (χ0) is 13.9. The van der Waals surface area contributed by atoms with Gasteiger partial charge in [-0.2, -0.15) is 0 Å². The molecule has 0 bridgehead atoms. The number of H-pyrrole nitrogens is 1. The topological polar surface area (TPSA) is 88.0 Å². The second-order valence-electron chi connectivity index (χ2n) is 5.50.